The van der Waals surface area contributed by atoms with Crippen LogP contribution >= 0.6 is 80.2 Å². The van der Waals surface area contributed by atoms with Crippen LogP contribution in [0.15, 0.2) is 148 Å². The first-order chi connectivity index (χ1) is 54.0. The lowest BCUT2D eigenvalue weighted by Crippen LogP contribution is -2.50. The largest absolute Gasteiger partial charge is 0.508 e. The number of rotatable bonds is 12. The molecule has 11 heterocycles. The number of benzene rings is 5. The number of nitrogens with zero attached hydrogens (tertiary/aromatic N) is 8. The summed E-state index contributed by atoms with van der Waals surface area (Å²) < 4.78 is 12.3. The van der Waals surface area contributed by atoms with Crippen molar-refractivity contribution in [2.75, 3.05) is 25.0 Å². The molecule has 6 amide bonds. The Labute approximate surface area is 664 Å². The molecule has 4 aliphatic heterocycles. The maximum Gasteiger partial charge on any atom is 0.340 e. The van der Waals surface area contributed by atoms with E-state index in [1.165, 1.54) is 74.7 Å². The normalized spacial score (nSPS) is 18.6. The molecule has 112 heavy (non-hydrogen) atoms. The number of aliphatic hydroxyl groups is 2. The van der Waals surface area contributed by atoms with Gasteiger partial charge in [0.25, 0.3) is 23.6 Å². The predicted octanol–water partition coefficient (Wildman–Crippen LogP) is 9.98. The van der Waals surface area contributed by atoms with E-state index in [0.717, 1.165) is 45.3 Å². The lowest BCUT2D eigenvalue weighted by Gasteiger charge is -2.36. The Morgan fingerprint density at radius 1 is 0.634 bits per heavy atom. The number of carbonyl (C=O) groups excluding carboxylic acids is 7. The topological polar surface area (TPSA) is 431 Å². The van der Waals surface area contributed by atoms with E-state index in [9.17, 15) is 54.3 Å². The number of phenolic OH excluding ortho intramolecular Hbond substituents is 3. The third-order valence-corrected chi connectivity index (χ3v) is 25.0. The van der Waals surface area contributed by atoms with E-state index in [1.807, 2.05) is 0 Å². The Morgan fingerprint density at radius 2 is 1.27 bits per heavy atom. The molecule has 0 radical (unpaired) electrons. The monoisotopic (exact) mass is 1630 g/mol. The standard InChI is InChI=1S/C76H61N15O14S7/c1-33-54(95)27-91-61(33)72-88-53(32-111-72)69-84-49(28-108-69)59-41(15-19-46(81-59)68-86-50(29-109-68)63(98)78-20-21-79-75(106)80-37-10-16-43-42(23-37)74(103)105-76(43)44-17-13-39(93)24-55(44)104-56-25-40(94)14-18-45(56)76)67-85-51(30-107-67)64(99)82-47(26-57(77)96)70-90-58(34(2)112-70)66(101)89-60(62(97)36-6-4-3-5-7-36)71-87-52(31-110-71)65(100)83-48(73(91)102)22-35-8-11-38(92)12-9-35/h3-19,23-25,28-33,47-48,54,60-62,92-95,97H,20-22,26-27H2,1-2H3,(H2,77,96)(H,78,98)(H,82,99)(H,83,100)(H,89,101)(H2,79,80,106)/t33-,47-,48-,54-,60-,61-,62+/m0/s1. The summed E-state index contributed by atoms with van der Waals surface area (Å²) in [5, 5.41) is 82.4. The fourth-order valence-corrected chi connectivity index (χ4v) is 19.2. The van der Waals surface area contributed by atoms with Gasteiger partial charge in [0.15, 0.2) is 10.7 Å². The van der Waals surface area contributed by atoms with Gasteiger partial charge in [-0.05, 0) is 90.9 Å². The van der Waals surface area contributed by atoms with E-state index in [1.54, 1.807) is 115 Å². The zero-order valence-corrected chi connectivity index (χ0v) is 64.1. The van der Waals surface area contributed by atoms with Gasteiger partial charge in [0.05, 0.1) is 35.9 Å². The fourth-order valence-electron chi connectivity index (χ4n) is 13.7. The van der Waals surface area contributed by atoms with Crippen LogP contribution in [0.5, 0.6) is 28.7 Å². The van der Waals surface area contributed by atoms with Gasteiger partial charge in [-0.15, -0.1) is 68.0 Å². The average molecular weight is 1630 g/mol. The molecule has 10 bridgehead atoms. The molecular weight excluding hydrogens is 1570 g/mol. The van der Waals surface area contributed by atoms with Crippen molar-refractivity contribution in [2.45, 2.75) is 68.7 Å². The second kappa shape index (κ2) is 30.4. The second-order valence-corrected chi connectivity index (χ2v) is 32.5. The number of ether oxygens (including phenoxy) is 2. The number of anilines is 1. The molecule has 13 N–H and O–H groups in total. The molecule has 36 heteroatoms. The zero-order valence-electron chi connectivity index (χ0n) is 58.4. The van der Waals surface area contributed by atoms with Crippen LogP contribution in [0.25, 0.3) is 43.4 Å². The van der Waals surface area contributed by atoms with Crippen molar-refractivity contribution in [2.24, 2.45) is 11.7 Å². The highest BCUT2D eigenvalue weighted by molar-refractivity contribution is 7.80. The van der Waals surface area contributed by atoms with Gasteiger partial charge in [0.1, 0.15) is 117 Å². The summed E-state index contributed by atoms with van der Waals surface area (Å²) in [6.45, 7) is 3.58. The molecular formula is C76H61N15O14S7. The number of fused-ring (bicyclic) bond motifs is 22. The molecule has 1 spiro atoms. The van der Waals surface area contributed by atoms with Crippen molar-refractivity contribution in [1.29, 1.82) is 0 Å². The molecule has 1 saturated heterocycles. The van der Waals surface area contributed by atoms with Gasteiger partial charge in [-0.3, -0.25) is 28.8 Å². The minimum atomic E-state index is -1.45. The van der Waals surface area contributed by atoms with E-state index >= 15 is 4.79 Å². The van der Waals surface area contributed by atoms with Crippen LogP contribution < -0.4 is 42.4 Å². The van der Waals surface area contributed by atoms with E-state index in [4.69, 9.17) is 52.3 Å². The number of aromatic nitrogens is 7. The second-order valence-electron chi connectivity index (χ2n) is 26.5. The number of aliphatic hydroxyl groups excluding tert-OH is 2. The van der Waals surface area contributed by atoms with Crippen molar-refractivity contribution in [1.82, 2.24) is 66.4 Å². The highest BCUT2D eigenvalue weighted by atomic mass is 32.1. The van der Waals surface area contributed by atoms with Crippen molar-refractivity contribution < 1.29 is 68.6 Å². The van der Waals surface area contributed by atoms with Crippen LogP contribution in [-0.4, -0.2) is 144 Å². The van der Waals surface area contributed by atoms with Crippen LogP contribution in [-0.2, 0) is 26.3 Å². The third kappa shape index (κ3) is 14.4. The minimum Gasteiger partial charge on any atom is -0.508 e. The van der Waals surface area contributed by atoms with Gasteiger partial charge in [0.2, 0.25) is 11.8 Å². The first-order valence-electron chi connectivity index (χ1n) is 34.5. The zero-order chi connectivity index (χ0) is 78.0. The Morgan fingerprint density at radius 3 is 2.02 bits per heavy atom. The fraction of sp³-hybridized carbons (Fsp3) is 0.197. The lowest BCUT2D eigenvalue weighted by atomic mass is 9.77. The van der Waals surface area contributed by atoms with Crippen LogP contribution in [0, 0.1) is 12.8 Å². The maximum absolute atomic E-state index is 15.3. The first-order valence-corrected chi connectivity index (χ1v) is 40.2. The van der Waals surface area contributed by atoms with Gasteiger partial charge in [-0.25, -0.2) is 39.7 Å². The van der Waals surface area contributed by atoms with Crippen molar-refractivity contribution in [3.8, 4) is 72.1 Å². The van der Waals surface area contributed by atoms with E-state index in [0.29, 0.717) is 86.8 Å². The van der Waals surface area contributed by atoms with Gasteiger partial charge < -0.3 is 77.5 Å². The SMILES string of the molecule is Cc1sc2nc1C(=O)N[C@@H]([C@H](O)c1ccccc1)c1nc(cs1)C(=O)N[C@@H](Cc1ccc(O)cc1)C(=O)N1C[C@H](O)[C@H](C)[C@H]1c1nc(cs1)-c1nc(cs1)-c1nc(-c3nc(C(=O)NCCNC(=S)Nc4ccc5c(c4)C(=O)OC54c5ccc(O)cc5Oc5cc(O)ccc54)cs3)ccc1-c1nc(cs1)C(=O)N[C@H]2CC(N)=O. The van der Waals surface area contributed by atoms with Crippen LogP contribution in [0.3, 0.4) is 0 Å². The molecule has 0 unspecified atom stereocenters. The number of esters is 1. The number of hydrogen-bond acceptors (Lipinski definition) is 28. The Balaban J connectivity index is 0.676. The molecule has 16 rings (SSSR count). The van der Waals surface area contributed by atoms with Crippen LogP contribution in [0.1, 0.15) is 138 Å². The van der Waals surface area contributed by atoms with Crippen molar-refractivity contribution >= 4 is 132 Å². The van der Waals surface area contributed by atoms with Gasteiger partial charge >= 0.3 is 5.97 Å². The number of hydrogen-bond donors (Lipinski definition) is 12. The molecule has 0 aliphatic carbocycles. The molecule has 5 aromatic carbocycles. The molecule has 7 atom stereocenters. The number of aromatic hydroxyl groups is 3. The highest BCUT2D eigenvalue weighted by Crippen LogP contribution is 2.57. The summed E-state index contributed by atoms with van der Waals surface area (Å²) in [6.07, 6.45) is -2.93. The summed E-state index contributed by atoms with van der Waals surface area (Å²) in [5.41, 5.74) is 9.14. The smallest absolute Gasteiger partial charge is 0.340 e. The number of aryl methyl sites for hydroxylation is 1. The van der Waals surface area contributed by atoms with Crippen molar-refractivity contribution in [3.05, 3.63) is 224 Å². The number of nitrogens with one attached hydrogen (secondary N) is 6. The third-order valence-electron chi connectivity index (χ3n) is 19.2. The highest BCUT2D eigenvalue weighted by Gasteiger charge is 2.54. The van der Waals surface area contributed by atoms with Crippen molar-refractivity contribution in [3.63, 3.8) is 0 Å². The first kappa shape index (κ1) is 74.2. The number of amides is 6. The summed E-state index contributed by atoms with van der Waals surface area (Å²) in [7, 11) is 0. The Hall–Kier alpha value is -11.9. The van der Waals surface area contributed by atoms with Gasteiger partial charge in [-0.1, -0.05) is 55.5 Å². The Bertz CT molecular complexity index is 5730. The Kier molecular flexibility index (Phi) is 20.2. The maximum atomic E-state index is 15.3. The molecule has 4 aliphatic rings. The summed E-state index contributed by atoms with van der Waals surface area (Å²) in [6, 6.07) is 27.6. The minimum absolute atomic E-state index is 0.0192. The number of pyridine rings is 1. The molecule has 566 valence electrons. The van der Waals surface area contributed by atoms with E-state index in [-0.39, 0.29) is 98.3 Å². The van der Waals surface area contributed by atoms with E-state index in [2.05, 4.69) is 41.9 Å². The van der Waals surface area contributed by atoms with Crippen LogP contribution in [0.4, 0.5) is 5.69 Å². The van der Waals surface area contributed by atoms with Crippen LogP contribution in [0.2, 0.25) is 0 Å². The molecule has 7 aromatic heterocycles. The number of thiazole rings is 6. The number of nitrogens with two attached hydrogens (primary N) is 1. The molecule has 1 fully saturated rings. The molecule has 0 saturated carbocycles. The van der Waals surface area contributed by atoms with Gasteiger partial charge in [-0.2, -0.15) is 0 Å². The molecule has 29 nitrogen and oxygen atoms in total. The summed E-state index contributed by atoms with van der Waals surface area (Å²) >= 11 is 12.4. The molecule has 12 aromatic rings. The number of thiocarbonyl (C=S) groups is 1. The number of primary amides is 1. The number of phenols is 3. The predicted molar refractivity (Wildman–Crippen MR) is 421 cm³/mol. The van der Waals surface area contributed by atoms with Gasteiger partial charge in [0, 0.05) is 104 Å². The summed E-state index contributed by atoms with van der Waals surface area (Å²) in [4.78, 5) is 135. The quantitative estimate of drug-likeness (QED) is 0.0307. The number of carbonyl (C=O) groups is 7. The lowest BCUT2D eigenvalue weighted by molar-refractivity contribution is -0.134. The average Bonchev–Trinajstić information content (AvgIpc) is 1.48. The summed E-state index contributed by atoms with van der Waals surface area (Å²) in [5.74, 6) is -4.95. The van der Waals surface area contributed by atoms with E-state index < -0.39 is 95.7 Å².